The van der Waals surface area contributed by atoms with Crippen LogP contribution in [-0.4, -0.2) is 6.10 Å². The van der Waals surface area contributed by atoms with Crippen molar-refractivity contribution in [2.24, 2.45) is 0 Å². The Morgan fingerprint density at radius 2 is 1.49 bits per heavy atom. The van der Waals surface area contributed by atoms with Gasteiger partial charge in [0, 0.05) is 5.92 Å². The van der Waals surface area contributed by atoms with Gasteiger partial charge in [0.1, 0.15) is 5.82 Å². The predicted octanol–water partition coefficient (Wildman–Crippen LogP) is 8.53. The van der Waals surface area contributed by atoms with Crippen LogP contribution in [0.2, 0.25) is 0 Å². The third-order valence-electron chi connectivity index (χ3n) is 6.32. The highest BCUT2D eigenvalue weighted by Crippen LogP contribution is 2.43. The van der Waals surface area contributed by atoms with Crippen molar-refractivity contribution in [3.63, 3.8) is 0 Å². The van der Waals surface area contributed by atoms with Crippen molar-refractivity contribution < 1.29 is 35.5 Å². The van der Waals surface area contributed by atoms with Crippen molar-refractivity contribution in [1.82, 2.24) is 0 Å². The predicted molar refractivity (Wildman–Crippen MR) is 118 cm³/mol. The van der Waals surface area contributed by atoms with Crippen LogP contribution < -0.4 is 0 Å². The molecule has 0 heterocycles. The van der Waals surface area contributed by atoms with Gasteiger partial charge in [-0.25, -0.2) is 4.39 Å². The minimum Gasteiger partial charge on any atom is -0.373 e. The van der Waals surface area contributed by atoms with Crippen molar-refractivity contribution in [3.8, 4) is 0 Å². The Balaban J connectivity index is 1.66. The minimum absolute atomic E-state index is 0.106. The highest BCUT2D eigenvalue weighted by Gasteiger charge is 2.37. The summed E-state index contributed by atoms with van der Waals surface area (Å²) in [5, 5.41) is 0. The zero-order valence-corrected chi connectivity index (χ0v) is 18.6. The van der Waals surface area contributed by atoms with Gasteiger partial charge in [-0.15, -0.1) is 0 Å². The molecule has 0 bridgehead atoms. The van der Waals surface area contributed by atoms with E-state index in [1.807, 2.05) is 18.2 Å². The first kappa shape index (κ1) is 25.2. The Kier molecular flexibility index (Phi) is 7.22. The molecule has 2 aliphatic carbocycles. The van der Waals surface area contributed by atoms with Gasteiger partial charge >= 0.3 is 12.4 Å². The second-order valence-electron chi connectivity index (χ2n) is 8.72. The summed E-state index contributed by atoms with van der Waals surface area (Å²) in [5.41, 5.74) is 0.0444. The molecule has 0 aromatic heterocycles. The lowest BCUT2D eigenvalue weighted by Crippen LogP contribution is -2.28. The van der Waals surface area contributed by atoms with Gasteiger partial charge in [0.2, 0.25) is 0 Å². The highest BCUT2D eigenvalue weighted by atomic mass is 19.4. The van der Waals surface area contributed by atoms with Crippen LogP contribution in [0.5, 0.6) is 0 Å². The first-order chi connectivity index (χ1) is 16.5. The first-order valence-electron chi connectivity index (χ1n) is 11.2. The summed E-state index contributed by atoms with van der Waals surface area (Å²) in [7, 11) is 0. The lowest BCUT2D eigenvalue weighted by molar-refractivity contribution is -0.143. The molecule has 0 fully saturated rings. The maximum Gasteiger partial charge on any atom is 0.416 e. The second kappa shape index (κ2) is 10.0. The third-order valence-corrected chi connectivity index (χ3v) is 6.32. The third kappa shape index (κ3) is 6.04. The molecule has 35 heavy (non-hydrogen) atoms. The fourth-order valence-corrected chi connectivity index (χ4v) is 4.68. The van der Waals surface area contributed by atoms with E-state index in [1.54, 1.807) is 12.1 Å². The Labute approximate surface area is 198 Å². The summed E-state index contributed by atoms with van der Waals surface area (Å²) in [6, 6.07) is 7.43. The van der Waals surface area contributed by atoms with Crippen LogP contribution in [0.4, 0.5) is 30.7 Å². The fraction of sp³-hybridized carbons (Fsp3) is 0.333. The number of allylic oxidation sites excluding steroid dienone is 5. The van der Waals surface area contributed by atoms with Gasteiger partial charge in [-0.3, -0.25) is 0 Å². The Hall–Kier alpha value is -2.87. The smallest absolute Gasteiger partial charge is 0.373 e. The lowest BCUT2D eigenvalue weighted by atomic mass is 9.75. The Bertz CT molecular complexity index is 1110. The minimum atomic E-state index is -4.92. The highest BCUT2D eigenvalue weighted by molar-refractivity contribution is 5.43. The SMILES string of the molecule is Fc1ccc([C@H]2C3=C(CC/C=C\C=C/3)CC[C@@H]2OCc2cc(C(F)(F)F)cc(C(F)(F)F)c2)cc1. The van der Waals surface area contributed by atoms with E-state index < -0.39 is 42.0 Å². The molecule has 0 N–H and O–H groups in total. The zero-order chi connectivity index (χ0) is 25.2. The van der Waals surface area contributed by atoms with Crippen LogP contribution in [-0.2, 0) is 23.7 Å². The molecule has 186 valence electrons. The number of halogens is 7. The maximum absolute atomic E-state index is 13.6. The van der Waals surface area contributed by atoms with Crippen molar-refractivity contribution >= 4 is 0 Å². The van der Waals surface area contributed by atoms with E-state index in [2.05, 4.69) is 6.08 Å². The summed E-state index contributed by atoms with van der Waals surface area (Å²) >= 11 is 0. The van der Waals surface area contributed by atoms with Crippen LogP contribution in [0.15, 0.2) is 77.9 Å². The van der Waals surface area contributed by atoms with Gasteiger partial charge in [0.15, 0.2) is 0 Å². The molecule has 2 aromatic carbocycles. The standard InChI is InChI=1S/C27H23F7O/c28-22-10-7-19(8-11-22)25-23-6-4-2-1-3-5-18(23)9-12-24(25)35-16-17-13-20(26(29,30)31)15-21(14-17)27(32,33)34/h1-2,4,6-8,10-11,13-15,24-25H,3,5,9,12,16H2/b2-1-,6-4-/t24-,25-/m0/s1. The monoisotopic (exact) mass is 496 g/mol. The lowest BCUT2D eigenvalue weighted by Gasteiger charge is -2.35. The number of hydrogen-bond donors (Lipinski definition) is 0. The van der Waals surface area contributed by atoms with Gasteiger partial charge in [0.05, 0.1) is 23.8 Å². The Morgan fingerprint density at radius 1 is 0.829 bits per heavy atom. The van der Waals surface area contributed by atoms with Gasteiger partial charge in [-0.2, -0.15) is 26.3 Å². The molecule has 0 radical (unpaired) electrons. The van der Waals surface area contributed by atoms with Crippen LogP contribution in [0.3, 0.4) is 0 Å². The van der Waals surface area contributed by atoms with Crippen LogP contribution in [0, 0.1) is 5.82 Å². The number of rotatable bonds is 4. The molecule has 0 amide bonds. The molecule has 0 unspecified atom stereocenters. The quantitative estimate of drug-likeness (QED) is 0.386. The van der Waals surface area contributed by atoms with E-state index in [9.17, 15) is 30.7 Å². The number of benzene rings is 2. The molecule has 0 spiro atoms. The molecule has 8 heteroatoms. The summed E-state index contributed by atoms with van der Waals surface area (Å²) in [4.78, 5) is 0. The van der Waals surface area contributed by atoms with Crippen molar-refractivity contribution in [3.05, 3.63) is 106 Å². The Morgan fingerprint density at radius 3 is 2.11 bits per heavy atom. The molecule has 2 aromatic rings. The largest absolute Gasteiger partial charge is 0.416 e. The number of hydrogen-bond acceptors (Lipinski definition) is 1. The van der Waals surface area contributed by atoms with E-state index in [0.717, 1.165) is 24.0 Å². The van der Waals surface area contributed by atoms with E-state index in [1.165, 1.54) is 17.7 Å². The molecule has 1 nitrogen and oxygen atoms in total. The van der Waals surface area contributed by atoms with Crippen molar-refractivity contribution in [2.45, 2.75) is 56.7 Å². The topological polar surface area (TPSA) is 9.23 Å². The van der Waals surface area contributed by atoms with Crippen LogP contribution in [0.25, 0.3) is 0 Å². The summed E-state index contributed by atoms with van der Waals surface area (Å²) < 4.78 is 99.1. The van der Waals surface area contributed by atoms with Gasteiger partial charge in [0.25, 0.3) is 0 Å². The molecule has 2 aliphatic rings. The molecule has 2 atom stereocenters. The maximum atomic E-state index is 13.6. The van der Waals surface area contributed by atoms with E-state index in [-0.39, 0.29) is 17.5 Å². The van der Waals surface area contributed by atoms with E-state index >= 15 is 0 Å². The van der Waals surface area contributed by atoms with Crippen molar-refractivity contribution in [2.75, 3.05) is 0 Å². The molecular formula is C27H23F7O. The first-order valence-corrected chi connectivity index (χ1v) is 11.2. The zero-order valence-electron chi connectivity index (χ0n) is 18.6. The van der Waals surface area contributed by atoms with Gasteiger partial charge in [-0.05, 0) is 72.7 Å². The summed E-state index contributed by atoms with van der Waals surface area (Å²) in [6.45, 7) is -0.415. The second-order valence-corrected chi connectivity index (χ2v) is 8.72. The summed E-state index contributed by atoms with van der Waals surface area (Å²) in [5.74, 6) is -0.731. The van der Waals surface area contributed by atoms with E-state index in [4.69, 9.17) is 4.74 Å². The molecule has 0 saturated heterocycles. The fourth-order valence-electron chi connectivity index (χ4n) is 4.68. The van der Waals surface area contributed by atoms with Gasteiger partial charge in [-0.1, -0.05) is 42.0 Å². The van der Waals surface area contributed by atoms with Gasteiger partial charge < -0.3 is 4.74 Å². The van der Waals surface area contributed by atoms with Crippen LogP contribution in [0.1, 0.15) is 53.9 Å². The molecule has 0 aliphatic heterocycles. The average molecular weight is 496 g/mol. The average Bonchev–Trinajstić information content (AvgIpc) is 2.77. The summed E-state index contributed by atoms with van der Waals surface area (Å²) in [6.07, 6.45) is 0.433. The van der Waals surface area contributed by atoms with Crippen molar-refractivity contribution in [1.29, 1.82) is 0 Å². The number of alkyl halides is 6. The van der Waals surface area contributed by atoms with E-state index in [0.29, 0.717) is 25.0 Å². The molecule has 0 saturated carbocycles. The van der Waals surface area contributed by atoms with Crippen LogP contribution >= 0.6 is 0 Å². The normalized spacial score (nSPS) is 22.8. The molecular weight excluding hydrogens is 473 g/mol. The number of ether oxygens (including phenoxy) is 1. The molecule has 4 rings (SSSR count).